The Balaban J connectivity index is 1.58. The van der Waals surface area contributed by atoms with Gasteiger partial charge in [0.05, 0.1) is 16.1 Å². The molecule has 0 bridgehead atoms. The average molecular weight is 448 g/mol. The molecule has 0 aliphatic rings. The lowest BCUT2D eigenvalue weighted by Crippen LogP contribution is -2.23. The second-order valence-corrected chi connectivity index (χ2v) is 9.08. The lowest BCUT2D eigenvalue weighted by Gasteiger charge is -2.13. The highest BCUT2D eigenvalue weighted by molar-refractivity contribution is 7.92. The maximum Gasteiger partial charge on any atom is 0.296 e. The summed E-state index contributed by atoms with van der Waals surface area (Å²) < 4.78 is 27.9. The van der Waals surface area contributed by atoms with E-state index in [2.05, 4.69) is 15.0 Å². The first-order chi connectivity index (χ1) is 15.3. The van der Waals surface area contributed by atoms with Gasteiger partial charge in [-0.2, -0.15) is 0 Å². The number of ketones is 1. The highest BCUT2D eigenvalue weighted by atomic mass is 32.2. The number of fused-ring (bicyclic) bond motifs is 1. The number of para-hydroxylation sites is 1. The maximum absolute atomic E-state index is 12.9. The van der Waals surface area contributed by atoms with Gasteiger partial charge in [0, 0.05) is 22.3 Å². The number of carbonyl (C=O) groups excluding carboxylic acids is 2. The highest BCUT2D eigenvalue weighted by Crippen LogP contribution is 2.25. The molecule has 162 valence electrons. The van der Waals surface area contributed by atoms with Crippen molar-refractivity contribution in [1.82, 2.24) is 4.98 Å². The Morgan fingerprint density at radius 3 is 2.31 bits per heavy atom. The molecule has 0 saturated carbocycles. The second-order valence-electron chi connectivity index (χ2n) is 7.40. The number of aromatic amines is 1. The van der Waals surface area contributed by atoms with Gasteiger partial charge in [-0.25, -0.2) is 8.42 Å². The van der Waals surface area contributed by atoms with Gasteiger partial charge in [0.15, 0.2) is 0 Å². The van der Waals surface area contributed by atoms with Crippen LogP contribution in [0, 0.1) is 13.8 Å². The average Bonchev–Trinajstić information content (AvgIpc) is 3.11. The van der Waals surface area contributed by atoms with Crippen molar-refractivity contribution in [2.45, 2.75) is 18.7 Å². The van der Waals surface area contributed by atoms with E-state index in [1.54, 1.807) is 56.3 Å². The lowest BCUT2D eigenvalue weighted by molar-refractivity contribution is -0.112. The zero-order valence-corrected chi connectivity index (χ0v) is 18.3. The van der Waals surface area contributed by atoms with Gasteiger partial charge in [0.2, 0.25) is 0 Å². The lowest BCUT2D eigenvalue weighted by atomic mass is 10.1. The molecule has 4 rings (SSSR count). The van der Waals surface area contributed by atoms with Gasteiger partial charge in [-0.1, -0.05) is 42.5 Å². The molecule has 0 fully saturated rings. The summed E-state index contributed by atoms with van der Waals surface area (Å²) in [6.07, 6.45) is 0. The van der Waals surface area contributed by atoms with E-state index in [0.29, 0.717) is 33.6 Å². The third-order valence-electron chi connectivity index (χ3n) is 5.12. The molecule has 0 unspecified atom stereocenters. The van der Waals surface area contributed by atoms with Crippen LogP contribution in [0.15, 0.2) is 77.7 Å². The second kappa shape index (κ2) is 8.32. The number of Topliss-reactive ketones (excluding diaryl/α,β-unsaturated/α-hetero) is 1. The molecule has 32 heavy (non-hydrogen) atoms. The Labute approximate surface area is 185 Å². The van der Waals surface area contributed by atoms with E-state index in [4.69, 9.17) is 0 Å². The highest BCUT2D eigenvalue weighted by Gasteiger charge is 2.23. The summed E-state index contributed by atoms with van der Waals surface area (Å²) in [5, 5.41) is 3.25. The van der Waals surface area contributed by atoms with E-state index < -0.39 is 21.7 Å². The van der Waals surface area contributed by atoms with Crippen LogP contribution in [0.25, 0.3) is 10.9 Å². The number of nitrogens with one attached hydrogen (secondary N) is 3. The largest absolute Gasteiger partial charge is 0.358 e. The van der Waals surface area contributed by atoms with E-state index >= 15 is 0 Å². The predicted molar refractivity (Wildman–Crippen MR) is 124 cm³/mol. The molecular weight excluding hydrogens is 426 g/mol. The number of benzene rings is 3. The molecule has 7 nitrogen and oxygen atoms in total. The molecule has 0 saturated heterocycles. The molecule has 3 aromatic carbocycles. The SMILES string of the molecule is Cc1ccc(NC(=O)C(=O)c2c(C)[nH]c3ccccc23)cc1NS(=O)(=O)c1ccccc1. The first kappa shape index (κ1) is 21.3. The standard InChI is InChI=1S/C24H21N3O4S/c1-15-12-13-17(14-21(15)27-32(30,31)18-8-4-3-5-9-18)26-24(29)23(28)22-16(2)25-20-11-7-6-10-19(20)22/h3-14,25,27H,1-2H3,(H,26,29). The van der Waals surface area contributed by atoms with Gasteiger partial charge >= 0.3 is 0 Å². The molecule has 1 amide bonds. The van der Waals surface area contributed by atoms with Crippen LogP contribution < -0.4 is 10.0 Å². The van der Waals surface area contributed by atoms with Gasteiger partial charge in [-0.05, 0) is 49.7 Å². The summed E-state index contributed by atoms with van der Waals surface area (Å²) in [7, 11) is -3.80. The fraction of sp³-hybridized carbons (Fsp3) is 0.0833. The molecule has 1 heterocycles. The number of aryl methyl sites for hydroxylation is 2. The van der Waals surface area contributed by atoms with Crippen molar-refractivity contribution < 1.29 is 18.0 Å². The summed E-state index contributed by atoms with van der Waals surface area (Å²) in [5.74, 6) is -1.48. The molecule has 1 aromatic heterocycles. The minimum atomic E-state index is -3.80. The van der Waals surface area contributed by atoms with Crippen molar-refractivity contribution in [3.05, 3.63) is 89.6 Å². The number of anilines is 2. The molecule has 0 radical (unpaired) electrons. The van der Waals surface area contributed by atoms with Crippen molar-refractivity contribution >= 4 is 44.0 Å². The molecule has 4 aromatic rings. The summed E-state index contributed by atoms with van der Waals surface area (Å²) >= 11 is 0. The zero-order chi connectivity index (χ0) is 22.9. The molecule has 8 heteroatoms. The number of sulfonamides is 1. The summed E-state index contributed by atoms with van der Waals surface area (Å²) in [5.41, 5.74) is 2.97. The predicted octanol–water partition coefficient (Wildman–Crippen LogP) is 4.41. The van der Waals surface area contributed by atoms with Crippen LogP contribution in [0.3, 0.4) is 0 Å². The zero-order valence-electron chi connectivity index (χ0n) is 17.5. The van der Waals surface area contributed by atoms with E-state index in [9.17, 15) is 18.0 Å². The number of hydrogen-bond donors (Lipinski definition) is 3. The van der Waals surface area contributed by atoms with E-state index in [1.807, 2.05) is 12.1 Å². The number of H-pyrrole nitrogens is 1. The van der Waals surface area contributed by atoms with Crippen molar-refractivity contribution in [2.75, 3.05) is 10.0 Å². The van der Waals surface area contributed by atoms with Crippen molar-refractivity contribution in [3.63, 3.8) is 0 Å². The van der Waals surface area contributed by atoms with Crippen LogP contribution in [-0.4, -0.2) is 25.1 Å². The molecule has 0 spiro atoms. The van der Waals surface area contributed by atoms with E-state index in [-0.39, 0.29) is 4.90 Å². The summed E-state index contributed by atoms with van der Waals surface area (Å²) in [6.45, 7) is 3.48. The number of aromatic nitrogens is 1. The van der Waals surface area contributed by atoms with Crippen LogP contribution in [0.5, 0.6) is 0 Å². The van der Waals surface area contributed by atoms with Crippen molar-refractivity contribution in [2.24, 2.45) is 0 Å². The maximum atomic E-state index is 12.9. The topological polar surface area (TPSA) is 108 Å². The summed E-state index contributed by atoms with van der Waals surface area (Å²) in [6, 6.07) is 20.0. The first-order valence-corrected chi connectivity index (χ1v) is 11.4. The fourth-order valence-corrected chi connectivity index (χ4v) is 4.63. The Morgan fingerprint density at radius 1 is 0.875 bits per heavy atom. The Morgan fingerprint density at radius 2 is 1.56 bits per heavy atom. The monoisotopic (exact) mass is 447 g/mol. The Hall–Kier alpha value is -3.91. The van der Waals surface area contributed by atoms with Gasteiger partial charge in [0.25, 0.3) is 21.7 Å². The molecular formula is C24H21N3O4S. The van der Waals surface area contributed by atoms with Gasteiger partial charge in [-0.3, -0.25) is 14.3 Å². The smallest absolute Gasteiger partial charge is 0.296 e. The van der Waals surface area contributed by atoms with Crippen LogP contribution >= 0.6 is 0 Å². The Kier molecular flexibility index (Phi) is 5.54. The van der Waals surface area contributed by atoms with Crippen molar-refractivity contribution in [3.8, 4) is 0 Å². The normalized spacial score (nSPS) is 11.3. The summed E-state index contributed by atoms with van der Waals surface area (Å²) in [4.78, 5) is 28.8. The molecule has 0 atom stereocenters. The van der Waals surface area contributed by atoms with E-state index in [0.717, 1.165) is 5.52 Å². The number of rotatable bonds is 6. The van der Waals surface area contributed by atoms with Crippen LogP contribution in [0.2, 0.25) is 0 Å². The van der Waals surface area contributed by atoms with Gasteiger partial charge in [-0.15, -0.1) is 0 Å². The van der Waals surface area contributed by atoms with Gasteiger partial charge < -0.3 is 10.3 Å². The van der Waals surface area contributed by atoms with E-state index in [1.165, 1.54) is 18.2 Å². The minimum absolute atomic E-state index is 0.124. The first-order valence-electron chi connectivity index (χ1n) is 9.88. The minimum Gasteiger partial charge on any atom is -0.358 e. The van der Waals surface area contributed by atoms with Crippen LogP contribution in [0.4, 0.5) is 11.4 Å². The number of amides is 1. The quantitative estimate of drug-likeness (QED) is 0.301. The third kappa shape index (κ3) is 4.13. The molecule has 0 aliphatic carbocycles. The van der Waals surface area contributed by atoms with Crippen LogP contribution in [-0.2, 0) is 14.8 Å². The Bertz CT molecular complexity index is 1440. The molecule has 0 aliphatic heterocycles. The fourth-order valence-electron chi connectivity index (χ4n) is 3.48. The van der Waals surface area contributed by atoms with Crippen LogP contribution in [0.1, 0.15) is 21.6 Å². The van der Waals surface area contributed by atoms with Gasteiger partial charge in [0.1, 0.15) is 0 Å². The third-order valence-corrected chi connectivity index (χ3v) is 6.50. The molecule has 3 N–H and O–H groups in total. The number of carbonyl (C=O) groups is 2. The van der Waals surface area contributed by atoms with Crippen molar-refractivity contribution in [1.29, 1.82) is 0 Å². The number of hydrogen-bond acceptors (Lipinski definition) is 4.